The molecule has 1 amide bonds. The van der Waals surface area contributed by atoms with Crippen LogP contribution in [0.2, 0.25) is 0 Å². The van der Waals surface area contributed by atoms with E-state index in [0.717, 1.165) is 16.9 Å². The maximum absolute atomic E-state index is 12.9. The molecule has 0 bridgehead atoms. The van der Waals surface area contributed by atoms with Crippen LogP contribution in [0.1, 0.15) is 22.8 Å². The monoisotopic (exact) mass is 300 g/mol. The molecule has 4 heteroatoms. The van der Waals surface area contributed by atoms with E-state index >= 15 is 0 Å². The molecule has 1 N–H and O–H groups in total. The Morgan fingerprint density at radius 2 is 1.81 bits per heavy atom. The molecule has 108 valence electrons. The van der Waals surface area contributed by atoms with Crippen LogP contribution in [0.5, 0.6) is 0 Å². The number of nitrogens with one attached hydrogen (secondary N) is 1. The van der Waals surface area contributed by atoms with Gasteiger partial charge in [0.25, 0.3) is 5.91 Å². The highest BCUT2D eigenvalue weighted by Crippen LogP contribution is 2.35. The van der Waals surface area contributed by atoms with Crippen molar-refractivity contribution in [2.75, 3.05) is 16.1 Å². The highest BCUT2D eigenvalue weighted by atomic mass is 35.5. The van der Waals surface area contributed by atoms with Crippen molar-refractivity contribution in [3.8, 4) is 0 Å². The number of amides is 1. The van der Waals surface area contributed by atoms with E-state index < -0.39 is 5.66 Å². The third-order valence-electron chi connectivity index (χ3n) is 3.81. The van der Waals surface area contributed by atoms with Gasteiger partial charge in [-0.3, -0.25) is 9.69 Å². The Balaban J connectivity index is 2.13. The minimum atomic E-state index is -0.651. The second-order valence-corrected chi connectivity index (χ2v) is 5.82. The lowest BCUT2D eigenvalue weighted by Crippen LogP contribution is -2.60. The summed E-state index contributed by atoms with van der Waals surface area (Å²) >= 11 is 6.17. The molecule has 0 aromatic heterocycles. The van der Waals surface area contributed by atoms with E-state index in [1.807, 2.05) is 62.4 Å². The molecule has 3 nitrogen and oxygen atoms in total. The predicted octanol–water partition coefficient (Wildman–Crippen LogP) is 4.02. The first kappa shape index (κ1) is 14.0. The highest BCUT2D eigenvalue weighted by Gasteiger charge is 2.41. The van der Waals surface area contributed by atoms with Gasteiger partial charge in [-0.1, -0.05) is 29.8 Å². The maximum Gasteiger partial charge on any atom is 0.262 e. The third kappa shape index (κ3) is 2.28. The van der Waals surface area contributed by atoms with Crippen molar-refractivity contribution in [1.29, 1.82) is 0 Å². The molecule has 2 aromatic rings. The standard InChI is InChI=1S/C17H17ClN2O/c1-12-7-9-13(10-8-12)20-16(21)14-5-3-4-6-15(14)19-17(20,2)11-18/h3-10,19H,11H2,1-2H3/t17-/m0/s1. The molecule has 3 rings (SSSR count). The number of carbonyl (C=O) groups is 1. The first-order valence-electron chi connectivity index (χ1n) is 6.89. The van der Waals surface area contributed by atoms with Crippen LogP contribution in [0.3, 0.4) is 0 Å². The van der Waals surface area contributed by atoms with Crippen molar-refractivity contribution in [2.24, 2.45) is 0 Å². The molecule has 0 fully saturated rings. The number of carbonyl (C=O) groups excluding carboxylic acids is 1. The van der Waals surface area contributed by atoms with Crippen LogP contribution in [0.25, 0.3) is 0 Å². The van der Waals surface area contributed by atoms with Gasteiger partial charge in [0.05, 0.1) is 11.4 Å². The van der Waals surface area contributed by atoms with Crippen molar-refractivity contribution in [3.05, 3.63) is 59.7 Å². The number of halogens is 1. The highest BCUT2D eigenvalue weighted by molar-refractivity contribution is 6.21. The van der Waals surface area contributed by atoms with E-state index in [-0.39, 0.29) is 5.91 Å². The summed E-state index contributed by atoms with van der Waals surface area (Å²) in [4.78, 5) is 14.6. The molecule has 1 heterocycles. The molecule has 0 radical (unpaired) electrons. The Morgan fingerprint density at radius 3 is 2.48 bits per heavy atom. The Labute approximate surface area is 129 Å². The van der Waals surface area contributed by atoms with Crippen LogP contribution in [0.15, 0.2) is 48.5 Å². The zero-order chi connectivity index (χ0) is 15.0. The van der Waals surface area contributed by atoms with Gasteiger partial charge in [0, 0.05) is 11.4 Å². The number of hydrogen-bond acceptors (Lipinski definition) is 2. The summed E-state index contributed by atoms with van der Waals surface area (Å²) < 4.78 is 0. The van der Waals surface area contributed by atoms with Crippen molar-refractivity contribution < 1.29 is 4.79 Å². The number of rotatable bonds is 2. The van der Waals surface area contributed by atoms with Gasteiger partial charge in [-0.05, 0) is 38.1 Å². The largest absolute Gasteiger partial charge is 0.361 e. The molecule has 21 heavy (non-hydrogen) atoms. The summed E-state index contributed by atoms with van der Waals surface area (Å²) in [5.74, 6) is 0.261. The summed E-state index contributed by atoms with van der Waals surface area (Å²) in [6.45, 7) is 3.96. The number of fused-ring (bicyclic) bond motifs is 1. The van der Waals surface area contributed by atoms with E-state index in [1.54, 1.807) is 4.90 Å². The average molecular weight is 301 g/mol. The zero-order valence-electron chi connectivity index (χ0n) is 12.1. The molecule has 1 aliphatic heterocycles. The number of benzene rings is 2. The summed E-state index contributed by atoms with van der Waals surface area (Å²) in [6, 6.07) is 15.4. The van der Waals surface area contributed by atoms with Crippen molar-refractivity contribution in [1.82, 2.24) is 0 Å². The average Bonchev–Trinajstić information content (AvgIpc) is 2.49. The lowest BCUT2D eigenvalue weighted by atomic mass is 10.0. The molecule has 0 aliphatic carbocycles. The van der Waals surface area contributed by atoms with Gasteiger partial charge in [0.1, 0.15) is 5.66 Å². The van der Waals surface area contributed by atoms with E-state index in [1.165, 1.54) is 0 Å². The third-order valence-corrected chi connectivity index (χ3v) is 4.33. The Hall–Kier alpha value is -2.00. The number of anilines is 2. The van der Waals surface area contributed by atoms with Crippen LogP contribution < -0.4 is 10.2 Å². The smallest absolute Gasteiger partial charge is 0.262 e. The van der Waals surface area contributed by atoms with Gasteiger partial charge in [-0.2, -0.15) is 0 Å². The quantitative estimate of drug-likeness (QED) is 0.850. The van der Waals surface area contributed by atoms with E-state index in [4.69, 9.17) is 11.6 Å². The number of para-hydroxylation sites is 1. The van der Waals surface area contributed by atoms with Crippen molar-refractivity contribution in [2.45, 2.75) is 19.5 Å². The fourth-order valence-corrected chi connectivity index (χ4v) is 2.84. The molecule has 2 aromatic carbocycles. The predicted molar refractivity (Wildman–Crippen MR) is 87.2 cm³/mol. The minimum absolute atomic E-state index is 0.0312. The first-order valence-corrected chi connectivity index (χ1v) is 7.43. The number of aryl methyl sites for hydroxylation is 1. The molecule has 0 spiro atoms. The zero-order valence-corrected chi connectivity index (χ0v) is 12.8. The molecular weight excluding hydrogens is 284 g/mol. The second kappa shape index (κ2) is 5.08. The Morgan fingerprint density at radius 1 is 1.14 bits per heavy atom. The van der Waals surface area contributed by atoms with Crippen LogP contribution in [0, 0.1) is 6.92 Å². The fraction of sp³-hybridized carbons (Fsp3) is 0.235. The summed E-state index contributed by atoms with van der Waals surface area (Å²) in [5, 5.41) is 3.39. The lowest BCUT2D eigenvalue weighted by molar-refractivity contribution is 0.0962. The van der Waals surface area contributed by atoms with Gasteiger partial charge in [-0.25, -0.2) is 0 Å². The number of nitrogens with zero attached hydrogens (tertiary/aromatic N) is 1. The van der Waals surface area contributed by atoms with Crippen LogP contribution in [-0.4, -0.2) is 17.5 Å². The van der Waals surface area contributed by atoms with Gasteiger partial charge >= 0.3 is 0 Å². The number of hydrogen-bond donors (Lipinski definition) is 1. The normalized spacial score (nSPS) is 20.9. The molecule has 0 unspecified atom stereocenters. The van der Waals surface area contributed by atoms with E-state index in [0.29, 0.717) is 11.4 Å². The summed E-state index contributed by atoms with van der Waals surface area (Å²) in [5.41, 5.74) is 2.84. The van der Waals surface area contributed by atoms with Gasteiger partial charge in [0.2, 0.25) is 0 Å². The lowest BCUT2D eigenvalue weighted by Gasteiger charge is -2.45. The van der Waals surface area contributed by atoms with Crippen molar-refractivity contribution >= 4 is 28.9 Å². The minimum Gasteiger partial charge on any atom is -0.361 e. The summed E-state index contributed by atoms with van der Waals surface area (Å²) in [6.07, 6.45) is 0. The van der Waals surface area contributed by atoms with Crippen LogP contribution in [0.4, 0.5) is 11.4 Å². The molecule has 0 saturated carbocycles. The molecular formula is C17H17ClN2O. The number of alkyl halides is 1. The molecule has 1 atom stereocenters. The summed E-state index contributed by atoms with van der Waals surface area (Å²) in [7, 11) is 0. The van der Waals surface area contributed by atoms with Crippen molar-refractivity contribution in [3.63, 3.8) is 0 Å². The van der Waals surface area contributed by atoms with Crippen LogP contribution >= 0.6 is 11.6 Å². The van der Waals surface area contributed by atoms with E-state index in [9.17, 15) is 4.79 Å². The Bertz CT molecular complexity index is 683. The van der Waals surface area contributed by atoms with Gasteiger partial charge in [-0.15, -0.1) is 11.6 Å². The molecule has 0 saturated heterocycles. The van der Waals surface area contributed by atoms with E-state index in [2.05, 4.69) is 5.32 Å². The maximum atomic E-state index is 12.9. The van der Waals surface area contributed by atoms with Crippen LogP contribution in [-0.2, 0) is 0 Å². The van der Waals surface area contributed by atoms with Gasteiger partial charge in [0.15, 0.2) is 0 Å². The SMILES string of the molecule is Cc1ccc(N2C(=O)c3ccccc3N[C@]2(C)CCl)cc1. The second-order valence-electron chi connectivity index (χ2n) is 5.55. The topological polar surface area (TPSA) is 32.3 Å². The molecule has 1 aliphatic rings. The fourth-order valence-electron chi connectivity index (χ4n) is 2.66. The first-order chi connectivity index (χ1) is 10.0. The van der Waals surface area contributed by atoms with Gasteiger partial charge < -0.3 is 5.32 Å². The Kier molecular flexibility index (Phi) is 3.38.